The zero-order chi connectivity index (χ0) is 33.0. The van der Waals surface area contributed by atoms with Crippen molar-refractivity contribution in [3.63, 3.8) is 0 Å². The van der Waals surface area contributed by atoms with Crippen LogP contribution in [0.2, 0.25) is 10.0 Å². The second kappa shape index (κ2) is 14.3. The number of aromatic nitrogens is 6. The number of ether oxygens (including phenoxy) is 1. The molecule has 0 saturated heterocycles. The lowest BCUT2D eigenvalue weighted by atomic mass is 10.1. The van der Waals surface area contributed by atoms with Gasteiger partial charge in [-0.1, -0.05) is 64.1 Å². The summed E-state index contributed by atoms with van der Waals surface area (Å²) in [6.45, 7) is 9.12. The maximum absolute atomic E-state index is 14.0. The highest BCUT2D eigenvalue weighted by molar-refractivity contribution is 6.66. The van der Waals surface area contributed by atoms with Gasteiger partial charge in [-0.2, -0.15) is 15.0 Å². The van der Waals surface area contributed by atoms with Crippen molar-refractivity contribution in [1.29, 1.82) is 0 Å². The number of anilines is 2. The first kappa shape index (κ1) is 35.3. The molecule has 0 bridgehead atoms. The van der Waals surface area contributed by atoms with Gasteiger partial charge in [-0.25, -0.2) is 18.9 Å². The van der Waals surface area contributed by atoms with Gasteiger partial charge >= 0.3 is 5.97 Å². The van der Waals surface area contributed by atoms with Crippen LogP contribution in [0.1, 0.15) is 54.2 Å². The van der Waals surface area contributed by atoms with Crippen molar-refractivity contribution < 1.29 is 19.0 Å². The number of nitrogen functional groups attached to an aromatic ring is 1. The number of aromatic carboxylic acids is 1. The number of carbonyl (C=O) groups is 1. The van der Waals surface area contributed by atoms with Crippen LogP contribution in [0.4, 0.5) is 16.3 Å². The molecule has 11 nitrogen and oxygen atoms in total. The van der Waals surface area contributed by atoms with Crippen LogP contribution in [0, 0.1) is 13.8 Å². The van der Waals surface area contributed by atoms with Gasteiger partial charge in [0, 0.05) is 5.02 Å². The first-order valence-corrected chi connectivity index (χ1v) is 14.6. The normalized spacial score (nSPS) is 12.2. The first-order chi connectivity index (χ1) is 20.3. The lowest BCUT2D eigenvalue weighted by Crippen LogP contribution is -2.26. The van der Waals surface area contributed by atoms with Crippen LogP contribution in [0.5, 0.6) is 5.75 Å². The molecule has 0 radical (unpaired) electrons. The van der Waals surface area contributed by atoms with Crippen LogP contribution >= 0.6 is 58.0 Å². The molecule has 1 unspecified atom stereocenters. The summed E-state index contributed by atoms with van der Waals surface area (Å²) >= 11 is 29.1. The third-order valence-electron chi connectivity index (χ3n) is 5.45. The van der Waals surface area contributed by atoms with Crippen molar-refractivity contribution in [3.05, 3.63) is 75.0 Å². The fraction of sp³-hybridized carbons (Fsp3) is 0.333. The average molecular weight is 709 g/mol. The van der Waals surface area contributed by atoms with Crippen molar-refractivity contribution in [1.82, 2.24) is 29.7 Å². The molecule has 2 aromatic carbocycles. The van der Waals surface area contributed by atoms with Crippen molar-refractivity contribution in [2.24, 2.45) is 0 Å². The highest BCUT2D eigenvalue weighted by Gasteiger charge is 2.33. The van der Waals surface area contributed by atoms with E-state index in [-0.39, 0.29) is 40.3 Å². The molecule has 44 heavy (non-hydrogen) atoms. The number of rotatable bonds is 8. The molecule has 1 atom stereocenters. The van der Waals surface area contributed by atoms with Crippen LogP contribution in [-0.2, 0) is 9.46 Å². The highest BCUT2D eigenvalue weighted by Crippen LogP contribution is 2.39. The van der Waals surface area contributed by atoms with Gasteiger partial charge in [-0.15, -0.1) is 5.10 Å². The van der Waals surface area contributed by atoms with Crippen LogP contribution in [0.3, 0.4) is 0 Å². The van der Waals surface area contributed by atoms with E-state index >= 15 is 0 Å². The summed E-state index contributed by atoms with van der Waals surface area (Å²) in [7, 11) is 0. The van der Waals surface area contributed by atoms with E-state index in [0.717, 1.165) is 21.6 Å². The summed E-state index contributed by atoms with van der Waals surface area (Å²) in [5.74, 6) is -1.04. The van der Waals surface area contributed by atoms with E-state index in [1.54, 1.807) is 0 Å². The summed E-state index contributed by atoms with van der Waals surface area (Å²) < 4.78 is 18.9. The Morgan fingerprint density at radius 1 is 1.07 bits per heavy atom. The lowest BCUT2D eigenvalue weighted by molar-refractivity contribution is 0.0683. The third kappa shape index (κ3) is 9.93. The van der Waals surface area contributed by atoms with Gasteiger partial charge in [0.25, 0.3) is 5.82 Å². The zero-order valence-corrected chi connectivity index (χ0v) is 27.8. The average Bonchev–Trinajstić information content (AvgIpc) is 3.33. The molecule has 0 fully saturated rings. The van der Waals surface area contributed by atoms with Crippen molar-refractivity contribution in [2.75, 3.05) is 17.7 Å². The summed E-state index contributed by atoms with van der Waals surface area (Å²) in [5.41, 5.74) is 6.52. The number of benzene rings is 2. The molecule has 4 rings (SSSR count). The Morgan fingerprint density at radius 3 is 2.25 bits per heavy atom. The fourth-order valence-electron chi connectivity index (χ4n) is 3.63. The van der Waals surface area contributed by atoms with Crippen molar-refractivity contribution in [2.45, 2.75) is 50.1 Å². The number of alkyl halides is 4. The van der Waals surface area contributed by atoms with Gasteiger partial charge in [-0.05, 0) is 76.1 Å². The molecular formula is C27H28Cl5FN8O3. The Labute approximate surface area is 277 Å². The molecule has 17 heteroatoms. The smallest absolute Gasteiger partial charge is 0.375 e. The monoisotopic (exact) mass is 706 g/mol. The lowest BCUT2D eigenvalue weighted by Gasteiger charge is -2.18. The Hall–Kier alpha value is -3.16. The molecule has 0 aliphatic heterocycles. The van der Waals surface area contributed by atoms with Gasteiger partial charge in [0.15, 0.2) is 17.3 Å². The van der Waals surface area contributed by atoms with E-state index in [1.165, 1.54) is 32.0 Å². The predicted molar refractivity (Wildman–Crippen MR) is 170 cm³/mol. The van der Waals surface area contributed by atoms with Gasteiger partial charge < -0.3 is 20.9 Å². The fourth-order valence-corrected chi connectivity index (χ4v) is 4.48. The van der Waals surface area contributed by atoms with E-state index < -0.39 is 21.3 Å². The molecule has 236 valence electrons. The topological polar surface area (TPSA) is 154 Å². The Morgan fingerprint density at radius 2 is 1.70 bits per heavy atom. The maximum atomic E-state index is 14.0. The molecule has 2 heterocycles. The number of nitrogens with one attached hydrogen (secondary N) is 1. The van der Waals surface area contributed by atoms with Gasteiger partial charge in [0.05, 0.1) is 16.8 Å². The van der Waals surface area contributed by atoms with Gasteiger partial charge in [-0.3, -0.25) is 0 Å². The number of hydrogen-bond acceptors (Lipinski definition) is 9. The number of carboxylic acid groups (broad SMARTS) is 1. The molecule has 0 aliphatic carbocycles. The number of nitrogens with zero attached hydrogens (tertiary/aromatic N) is 6. The molecule has 0 amide bonds. The molecular weight excluding hydrogens is 681 g/mol. The summed E-state index contributed by atoms with van der Waals surface area (Å²) in [5, 5.41) is 16.3. The van der Waals surface area contributed by atoms with Crippen LogP contribution in [-0.4, -0.2) is 53.4 Å². The molecule has 4 aromatic rings. The number of nitrogens with two attached hydrogens (primary N) is 1. The van der Waals surface area contributed by atoms with E-state index in [0.29, 0.717) is 11.6 Å². The minimum absolute atomic E-state index is 0.0000673. The summed E-state index contributed by atoms with van der Waals surface area (Å²) in [4.78, 5) is 26.5. The Bertz CT molecular complexity index is 1620. The SMILES string of the molecule is Cc1cc(C)cc(OCC(C)Nc2nc(N)nc(C(C)(C)F)n2)c1.O=C(O)c1nc(C(Cl)(Cl)Cl)n(-c2ccc(Cl)cc2Cl)n1. The zero-order valence-electron chi connectivity index (χ0n) is 24.0. The number of hydrogen-bond donors (Lipinski definition) is 3. The highest BCUT2D eigenvalue weighted by atomic mass is 35.6. The van der Waals surface area contributed by atoms with E-state index in [1.807, 2.05) is 32.9 Å². The van der Waals surface area contributed by atoms with E-state index in [9.17, 15) is 9.18 Å². The molecule has 4 N–H and O–H groups in total. The van der Waals surface area contributed by atoms with Crippen molar-refractivity contribution >= 4 is 75.9 Å². The minimum Gasteiger partial charge on any atom is -0.491 e. The Balaban J connectivity index is 0.000000244. The quantitative estimate of drug-likeness (QED) is 0.160. The second-order valence-corrected chi connectivity index (χ2v) is 13.2. The first-order valence-electron chi connectivity index (χ1n) is 12.7. The van der Waals surface area contributed by atoms with Crippen LogP contribution in [0.15, 0.2) is 36.4 Å². The van der Waals surface area contributed by atoms with Crippen LogP contribution < -0.4 is 15.8 Å². The molecule has 0 aliphatic rings. The van der Waals surface area contributed by atoms with E-state index in [4.69, 9.17) is 73.6 Å². The predicted octanol–water partition coefficient (Wildman–Crippen LogP) is 7.25. The van der Waals surface area contributed by atoms with Crippen molar-refractivity contribution in [3.8, 4) is 11.4 Å². The molecule has 2 aromatic heterocycles. The minimum atomic E-state index is -1.97. The number of carboxylic acids is 1. The third-order valence-corrected chi connectivity index (χ3v) is 6.49. The number of halogens is 6. The van der Waals surface area contributed by atoms with Gasteiger partial charge in [0.2, 0.25) is 15.7 Å². The summed E-state index contributed by atoms with van der Waals surface area (Å²) in [6, 6.07) is 10.4. The van der Waals surface area contributed by atoms with E-state index in [2.05, 4.69) is 36.4 Å². The van der Waals surface area contributed by atoms with Crippen LogP contribution in [0.25, 0.3) is 5.69 Å². The largest absolute Gasteiger partial charge is 0.491 e. The summed E-state index contributed by atoms with van der Waals surface area (Å²) in [6.07, 6.45) is 0. The second-order valence-electron chi connectivity index (χ2n) is 10.1. The molecule has 0 saturated carbocycles. The maximum Gasteiger partial charge on any atom is 0.375 e. The van der Waals surface area contributed by atoms with Gasteiger partial charge in [0.1, 0.15) is 12.4 Å². The standard InChI is InChI=1S/C17H24FN5O.C10H4Cl5N3O2/c1-10-6-11(2)8-13(7-10)24-9-12(3)20-16-22-14(17(4,5)18)21-15(19)23-16;11-4-1-2-6(5(12)3-4)18-9(10(13,14)15)16-7(17-18)8(19)20/h6-8,12H,9H2,1-5H3,(H3,19,20,21,22,23);1-3H,(H,19,20). The number of aryl methyl sites for hydroxylation is 2. The Kier molecular flexibility index (Phi) is 11.5. The molecule has 0 spiro atoms.